The second-order valence-corrected chi connectivity index (χ2v) is 6.01. The summed E-state index contributed by atoms with van der Waals surface area (Å²) in [7, 11) is 0. The lowest BCUT2D eigenvalue weighted by atomic mass is 10.0. The molecule has 1 N–H and O–H groups in total. The second-order valence-electron chi connectivity index (χ2n) is 6.01. The van der Waals surface area contributed by atoms with E-state index in [0.717, 1.165) is 37.4 Å². The van der Waals surface area contributed by atoms with Crippen LogP contribution in [0.15, 0.2) is 12.1 Å². The minimum atomic E-state index is -0.643. The molecule has 0 aromatic heterocycles. The number of benzene rings is 1. The van der Waals surface area contributed by atoms with Crippen molar-refractivity contribution in [2.75, 3.05) is 24.5 Å². The summed E-state index contributed by atoms with van der Waals surface area (Å²) in [6.07, 6.45) is 4.44. The van der Waals surface area contributed by atoms with E-state index in [-0.39, 0.29) is 11.3 Å². The zero-order valence-electron chi connectivity index (χ0n) is 11.9. The van der Waals surface area contributed by atoms with E-state index in [4.69, 9.17) is 5.26 Å². The minimum absolute atomic E-state index is 0.00893. The Bertz CT molecular complexity index is 532. The third kappa shape index (κ3) is 3.33. The van der Waals surface area contributed by atoms with E-state index in [1.807, 2.05) is 0 Å². The number of rotatable bonds is 4. The molecule has 3 nitrogen and oxygen atoms in total. The molecule has 0 amide bonds. The number of nitrogens with one attached hydrogen (secondary N) is 1. The molecule has 1 saturated heterocycles. The Kier molecular flexibility index (Phi) is 4.07. The molecular weight excluding hydrogens is 272 g/mol. The van der Waals surface area contributed by atoms with Crippen LogP contribution in [0, 0.1) is 28.9 Å². The van der Waals surface area contributed by atoms with Gasteiger partial charge in [-0.3, -0.25) is 0 Å². The number of hydrogen-bond acceptors (Lipinski definition) is 3. The lowest BCUT2D eigenvalue weighted by Crippen LogP contribution is -2.43. The fourth-order valence-electron chi connectivity index (χ4n) is 2.89. The normalized spacial score (nSPS) is 19.6. The maximum Gasteiger partial charge on any atom is 0.150 e. The van der Waals surface area contributed by atoms with Crippen molar-refractivity contribution in [2.24, 2.45) is 5.92 Å². The molecule has 5 heteroatoms. The molecule has 1 aromatic carbocycles. The highest BCUT2D eigenvalue weighted by Gasteiger charge is 2.26. The molecule has 2 aliphatic rings. The topological polar surface area (TPSA) is 39.1 Å². The van der Waals surface area contributed by atoms with Gasteiger partial charge in [0.25, 0.3) is 0 Å². The molecule has 1 saturated carbocycles. The number of piperidine rings is 1. The van der Waals surface area contributed by atoms with Gasteiger partial charge < -0.3 is 10.2 Å². The standard InChI is InChI=1S/C16H19F2N3/c17-14-7-12(9-19)8-15(18)16(14)21-5-3-13(4-6-21)20-10-11-1-2-11/h7-8,11,13,20H,1-6,10H2. The van der Waals surface area contributed by atoms with Gasteiger partial charge in [0.05, 0.1) is 11.6 Å². The minimum Gasteiger partial charge on any atom is -0.367 e. The maximum atomic E-state index is 14.0. The van der Waals surface area contributed by atoms with Crippen molar-refractivity contribution < 1.29 is 8.78 Å². The van der Waals surface area contributed by atoms with Crippen LogP contribution in [-0.2, 0) is 0 Å². The molecule has 112 valence electrons. The first-order valence-corrected chi connectivity index (χ1v) is 7.55. The number of halogens is 2. The van der Waals surface area contributed by atoms with E-state index in [2.05, 4.69) is 5.32 Å². The summed E-state index contributed by atoms with van der Waals surface area (Å²) in [5, 5.41) is 12.3. The first-order valence-electron chi connectivity index (χ1n) is 7.55. The summed E-state index contributed by atoms with van der Waals surface area (Å²) in [4.78, 5) is 1.75. The van der Waals surface area contributed by atoms with Crippen molar-refractivity contribution >= 4 is 5.69 Å². The van der Waals surface area contributed by atoms with E-state index in [1.165, 1.54) is 12.8 Å². The van der Waals surface area contributed by atoms with Gasteiger partial charge in [-0.2, -0.15) is 5.26 Å². The third-order valence-electron chi connectivity index (χ3n) is 4.35. The molecule has 2 fully saturated rings. The van der Waals surface area contributed by atoms with Crippen LogP contribution in [0.2, 0.25) is 0 Å². The van der Waals surface area contributed by atoms with E-state index in [0.29, 0.717) is 19.1 Å². The van der Waals surface area contributed by atoms with Crippen molar-refractivity contribution in [3.05, 3.63) is 29.3 Å². The summed E-state index contributed by atoms with van der Waals surface area (Å²) in [5.41, 5.74) is 0.0318. The van der Waals surface area contributed by atoms with Crippen molar-refractivity contribution in [2.45, 2.75) is 31.7 Å². The van der Waals surface area contributed by atoms with Crippen molar-refractivity contribution in [1.29, 1.82) is 5.26 Å². The number of nitriles is 1. The average Bonchev–Trinajstić information content (AvgIpc) is 3.30. The Hall–Kier alpha value is -1.67. The summed E-state index contributed by atoms with van der Waals surface area (Å²) in [6, 6.07) is 4.43. The van der Waals surface area contributed by atoms with Crippen LogP contribution in [0.1, 0.15) is 31.2 Å². The molecule has 1 heterocycles. The predicted molar refractivity (Wildman–Crippen MR) is 77.0 cm³/mol. The quantitative estimate of drug-likeness (QED) is 0.927. The van der Waals surface area contributed by atoms with Gasteiger partial charge in [0.1, 0.15) is 5.69 Å². The first-order chi connectivity index (χ1) is 10.2. The highest BCUT2D eigenvalue weighted by Crippen LogP contribution is 2.29. The SMILES string of the molecule is N#Cc1cc(F)c(N2CCC(NCC3CC3)CC2)c(F)c1. The first kappa shape index (κ1) is 14.3. The fourth-order valence-corrected chi connectivity index (χ4v) is 2.89. The van der Waals surface area contributed by atoms with Crippen LogP contribution in [0.5, 0.6) is 0 Å². The second kappa shape index (κ2) is 5.98. The molecule has 1 aromatic rings. The van der Waals surface area contributed by atoms with Gasteiger partial charge in [-0.1, -0.05) is 0 Å². The molecule has 3 rings (SSSR count). The van der Waals surface area contributed by atoms with Gasteiger partial charge in [-0.25, -0.2) is 8.78 Å². The maximum absolute atomic E-state index is 14.0. The monoisotopic (exact) mass is 291 g/mol. The van der Waals surface area contributed by atoms with Gasteiger partial charge in [-0.05, 0) is 50.3 Å². The van der Waals surface area contributed by atoms with Crippen LogP contribution in [0.4, 0.5) is 14.5 Å². The Morgan fingerprint density at radius 1 is 1.14 bits per heavy atom. The summed E-state index contributed by atoms with van der Waals surface area (Å²) < 4.78 is 28.0. The average molecular weight is 291 g/mol. The zero-order valence-corrected chi connectivity index (χ0v) is 11.9. The Balaban J connectivity index is 1.62. The van der Waals surface area contributed by atoms with Gasteiger partial charge in [-0.15, -0.1) is 0 Å². The van der Waals surface area contributed by atoms with E-state index < -0.39 is 11.6 Å². The van der Waals surface area contributed by atoms with E-state index in [1.54, 1.807) is 11.0 Å². The molecule has 1 aliphatic heterocycles. The van der Waals surface area contributed by atoms with Crippen LogP contribution < -0.4 is 10.2 Å². The molecular formula is C16H19F2N3. The predicted octanol–water partition coefficient (Wildman–Crippen LogP) is 2.80. The molecule has 0 radical (unpaired) electrons. The van der Waals surface area contributed by atoms with Crippen LogP contribution in [0.3, 0.4) is 0 Å². The fraction of sp³-hybridized carbons (Fsp3) is 0.562. The summed E-state index contributed by atoms with van der Waals surface area (Å²) in [5.74, 6) is -0.441. The number of anilines is 1. The van der Waals surface area contributed by atoms with E-state index in [9.17, 15) is 8.78 Å². The van der Waals surface area contributed by atoms with Gasteiger partial charge in [0.2, 0.25) is 0 Å². The van der Waals surface area contributed by atoms with Crippen LogP contribution in [0.25, 0.3) is 0 Å². The van der Waals surface area contributed by atoms with Crippen molar-refractivity contribution in [3.8, 4) is 6.07 Å². The lowest BCUT2D eigenvalue weighted by Gasteiger charge is -2.34. The highest BCUT2D eigenvalue weighted by molar-refractivity contribution is 5.53. The zero-order chi connectivity index (χ0) is 14.8. The largest absolute Gasteiger partial charge is 0.367 e. The Labute approximate surface area is 123 Å². The molecule has 0 atom stereocenters. The van der Waals surface area contributed by atoms with Gasteiger partial charge >= 0.3 is 0 Å². The smallest absolute Gasteiger partial charge is 0.150 e. The van der Waals surface area contributed by atoms with E-state index >= 15 is 0 Å². The summed E-state index contributed by atoms with van der Waals surface area (Å²) in [6.45, 7) is 2.36. The van der Waals surface area contributed by atoms with Crippen LogP contribution >= 0.6 is 0 Å². The number of nitrogens with zero attached hydrogens (tertiary/aromatic N) is 2. The molecule has 21 heavy (non-hydrogen) atoms. The third-order valence-corrected chi connectivity index (χ3v) is 4.35. The van der Waals surface area contributed by atoms with Crippen LogP contribution in [-0.4, -0.2) is 25.7 Å². The molecule has 0 bridgehead atoms. The lowest BCUT2D eigenvalue weighted by molar-refractivity contribution is 0.403. The molecule has 1 aliphatic carbocycles. The van der Waals surface area contributed by atoms with Crippen molar-refractivity contribution in [1.82, 2.24) is 5.32 Å². The highest BCUT2D eigenvalue weighted by atomic mass is 19.1. The van der Waals surface area contributed by atoms with Crippen molar-refractivity contribution in [3.63, 3.8) is 0 Å². The van der Waals surface area contributed by atoms with Gasteiger partial charge in [0, 0.05) is 19.1 Å². The molecule has 0 spiro atoms. The summed E-state index contributed by atoms with van der Waals surface area (Å²) >= 11 is 0. The molecule has 0 unspecified atom stereocenters. The Morgan fingerprint density at radius 2 is 1.76 bits per heavy atom. The Morgan fingerprint density at radius 3 is 2.29 bits per heavy atom. The number of hydrogen-bond donors (Lipinski definition) is 1. The van der Waals surface area contributed by atoms with Gasteiger partial charge in [0.15, 0.2) is 11.6 Å².